The number of benzene rings is 2. The minimum atomic E-state index is -0.152. The van der Waals surface area contributed by atoms with Crippen LogP contribution in [0.2, 0.25) is 0 Å². The smallest absolute Gasteiger partial charge is 0.0286 e. The lowest BCUT2D eigenvalue weighted by molar-refractivity contribution is 0.0184. The van der Waals surface area contributed by atoms with E-state index in [0.29, 0.717) is 10.3 Å². The molecule has 2 aliphatic heterocycles. The third-order valence-corrected chi connectivity index (χ3v) is 23.4. The van der Waals surface area contributed by atoms with E-state index in [-0.39, 0.29) is 21.3 Å². The van der Waals surface area contributed by atoms with Crippen LogP contribution in [0, 0.1) is 35.5 Å². The van der Waals surface area contributed by atoms with Crippen LogP contribution in [-0.4, -0.2) is 35.0 Å². The van der Waals surface area contributed by atoms with Crippen molar-refractivity contribution >= 4 is 15.8 Å². The van der Waals surface area contributed by atoms with Gasteiger partial charge in [-0.2, -0.15) is 0 Å². The normalized spacial score (nSPS) is 41.8. The van der Waals surface area contributed by atoms with E-state index >= 15 is 0 Å². The molecule has 49 heavy (non-hydrogen) atoms. The van der Waals surface area contributed by atoms with Crippen molar-refractivity contribution in [3.05, 3.63) is 70.8 Å². The average Bonchev–Trinajstić information content (AvgIpc) is 3.81. The molecule has 8 saturated carbocycles. The largest absolute Gasteiger partial charge is 0.310 e. The van der Waals surface area contributed by atoms with E-state index in [9.17, 15) is 0 Å². The second-order valence-corrected chi connectivity index (χ2v) is 25.4. The van der Waals surface area contributed by atoms with Crippen LogP contribution >= 0.6 is 15.8 Å². The highest BCUT2D eigenvalue weighted by molar-refractivity contribution is 7.60. The van der Waals surface area contributed by atoms with Crippen molar-refractivity contribution in [1.29, 1.82) is 0 Å². The third-order valence-electron chi connectivity index (χ3n) is 16.1. The molecule has 4 heteroatoms. The summed E-state index contributed by atoms with van der Waals surface area (Å²) in [4.78, 5) is 0. The molecular weight excluding hydrogens is 630 g/mol. The van der Waals surface area contributed by atoms with Crippen LogP contribution in [0.3, 0.4) is 0 Å². The Morgan fingerprint density at radius 2 is 1.08 bits per heavy atom. The summed E-state index contributed by atoms with van der Waals surface area (Å²) in [6, 6.07) is 19.5. The monoisotopic (exact) mass is 694 g/mol. The lowest BCUT2D eigenvalue weighted by atomic mass is 9.55. The molecule has 2 heterocycles. The predicted octanol–water partition coefficient (Wildman–Crippen LogP) is 11.3. The van der Waals surface area contributed by atoms with Gasteiger partial charge >= 0.3 is 0 Å². The van der Waals surface area contributed by atoms with Crippen molar-refractivity contribution in [3.8, 4) is 0 Å². The second kappa shape index (κ2) is 12.7. The van der Waals surface area contributed by atoms with E-state index in [1.807, 2.05) is 5.56 Å². The molecule has 0 amide bonds. The Hall–Kier alpha value is -0.780. The van der Waals surface area contributed by atoms with Gasteiger partial charge in [0.25, 0.3) is 0 Å². The molecule has 2 unspecified atom stereocenters. The van der Waals surface area contributed by atoms with Gasteiger partial charge in [0.15, 0.2) is 0 Å². The molecule has 2 atom stereocenters. The van der Waals surface area contributed by atoms with Crippen LogP contribution in [-0.2, 0) is 17.7 Å². The Bertz CT molecular complexity index is 1370. The molecule has 12 rings (SSSR count). The van der Waals surface area contributed by atoms with E-state index in [1.165, 1.54) is 56.7 Å². The Kier molecular flexibility index (Phi) is 8.49. The molecular formula is C45H64N2P2. The first-order valence-corrected chi connectivity index (χ1v) is 24.2. The van der Waals surface area contributed by atoms with Gasteiger partial charge in [0.05, 0.1) is 0 Å². The van der Waals surface area contributed by atoms with Crippen molar-refractivity contribution < 1.29 is 0 Å². The standard InChI is InChI=1S/C45H64N2P2/c1-43(2,39-8-4-3-5-9-39)40-13-12-37(38(22-40)29-48(41-10-6-14-46-41)42-11-7-15-47-42)30-49(44-23-31-16-32(24-44)18-33(17-31)25-44)45-26-34-19-35(27-45)21-36(20-34)28-45/h3-5,8-9,12-13,22,31-36,41-42,46-47H,6-7,10-11,14-21,23-30H2,1-2H3. The Balaban J connectivity index is 1.07. The molecule has 264 valence electrons. The Labute approximate surface area is 301 Å². The van der Waals surface area contributed by atoms with Crippen LogP contribution in [0.5, 0.6) is 0 Å². The molecule has 2 nitrogen and oxygen atoms in total. The lowest BCUT2D eigenvalue weighted by Gasteiger charge is -2.67. The zero-order valence-electron chi connectivity index (χ0n) is 30.8. The van der Waals surface area contributed by atoms with Crippen LogP contribution in [0.1, 0.15) is 139 Å². The number of rotatable bonds is 10. The van der Waals surface area contributed by atoms with Crippen LogP contribution in [0.15, 0.2) is 48.5 Å². The average molecular weight is 695 g/mol. The third kappa shape index (κ3) is 5.87. The fourth-order valence-corrected chi connectivity index (χ4v) is 23.2. The Morgan fingerprint density at radius 1 is 0.592 bits per heavy atom. The van der Waals surface area contributed by atoms with Crippen molar-refractivity contribution in [2.45, 2.75) is 156 Å². The summed E-state index contributed by atoms with van der Waals surface area (Å²) >= 11 is 0. The molecule has 2 aromatic rings. The molecule has 0 spiro atoms. The van der Waals surface area contributed by atoms with Gasteiger partial charge in [0, 0.05) is 17.0 Å². The molecule has 0 radical (unpaired) electrons. The van der Waals surface area contributed by atoms with Gasteiger partial charge in [-0.05, 0) is 196 Å². The first kappa shape index (κ1) is 32.8. The topological polar surface area (TPSA) is 24.1 Å². The number of nitrogens with one attached hydrogen (secondary N) is 2. The summed E-state index contributed by atoms with van der Waals surface area (Å²) < 4.78 is 0. The molecule has 0 aromatic heterocycles. The van der Waals surface area contributed by atoms with Crippen LogP contribution < -0.4 is 10.6 Å². The maximum atomic E-state index is 4.06. The van der Waals surface area contributed by atoms with Crippen molar-refractivity contribution in [1.82, 2.24) is 10.6 Å². The minimum absolute atomic E-state index is 0.0130. The summed E-state index contributed by atoms with van der Waals surface area (Å²) in [5.74, 6) is 7.85. The maximum Gasteiger partial charge on any atom is 0.0286 e. The van der Waals surface area contributed by atoms with Gasteiger partial charge < -0.3 is 10.6 Å². The van der Waals surface area contributed by atoms with Gasteiger partial charge in [-0.25, -0.2) is 0 Å². The van der Waals surface area contributed by atoms with E-state index in [2.05, 4.69) is 73.0 Å². The minimum Gasteiger partial charge on any atom is -0.310 e. The molecule has 10 aliphatic rings. The van der Waals surface area contributed by atoms with E-state index in [4.69, 9.17) is 0 Å². The highest BCUT2D eigenvalue weighted by atomic mass is 31.1. The molecule has 2 aromatic carbocycles. The number of hydrogen-bond acceptors (Lipinski definition) is 2. The van der Waals surface area contributed by atoms with Crippen molar-refractivity contribution in [3.63, 3.8) is 0 Å². The van der Waals surface area contributed by atoms with Gasteiger partial charge in [-0.15, -0.1) is 0 Å². The van der Waals surface area contributed by atoms with Crippen molar-refractivity contribution in [2.24, 2.45) is 35.5 Å². The highest BCUT2D eigenvalue weighted by Crippen LogP contribution is 2.80. The lowest BCUT2D eigenvalue weighted by Crippen LogP contribution is -2.56. The van der Waals surface area contributed by atoms with Gasteiger partial charge in [-0.1, -0.05) is 78.2 Å². The first-order chi connectivity index (χ1) is 23.8. The zero-order valence-corrected chi connectivity index (χ0v) is 32.6. The van der Waals surface area contributed by atoms with E-state index in [1.54, 1.807) is 88.2 Å². The predicted molar refractivity (Wildman–Crippen MR) is 210 cm³/mol. The molecule has 8 bridgehead atoms. The Morgan fingerprint density at radius 3 is 1.53 bits per heavy atom. The van der Waals surface area contributed by atoms with Crippen molar-refractivity contribution in [2.75, 3.05) is 13.1 Å². The van der Waals surface area contributed by atoms with E-state index in [0.717, 1.165) is 47.1 Å². The quantitative estimate of drug-likeness (QED) is 0.242. The summed E-state index contributed by atoms with van der Waals surface area (Å²) in [7, 11) is -0.204. The summed E-state index contributed by atoms with van der Waals surface area (Å²) in [6.45, 7) is 7.43. The summed E-state index contributed by atoms with van der Waals surface area (Å²) in [5.41, 5.74) is 6.60. The number of hydrogen-bond donors (Lipinski definition) is 2. The molecule has 2 saturated heterocycles. The molecule has 2 N–H and O–H groups in total. The fraction of sp³-hybridized carbons (Fsp3) is 0.733. The van der Waals surface area contributed by atoms with Crippen LogP contribution in [0.4, 0.5) is 0 Å². The first-order valence-electron chi connectivity index (χ1n) is 21.0. The van der Waals surface area contributed by atoms with E-state index < -0.39 is 0 Å². The maximum absolute atomic E-state index is 4.06. The zero-order chi connectivity index (χ0) is 32.8. The summed E-state index contributed by atoms with van der Waals surface area (Å²) in [5, 5.41) is 9.50. The van der Waals surface area contributed by atoms with Gasteiger partial charge in [0.1, 0.15) is 0 Å². The fourth-order valence-electron chi connectivity index (χ4n) is 14.7. The molecule has 8 aliphatic carbocycles. The van der Waals surface area contributed by atoms with Crippen LogP contribution in [0.25, 0.3) is 0 Å². The SMILES string of the molecule is CC(C)(c1ccccc1)c1ccc(CP(C23CC4CC(CC(C4)C2)C3)C23CC4CC(CC(C4)C2)C3)c(CP(C2CCCN2)C2CCCN2)c1. The highest BCUT2D eigenvalue weighted by Gasteiger charge is 2.62. The molecule has 10 fully saturated rings. The summed E-state index contributed by atoms with van der Waals surface area (Å²) in [6.07, 6.45) is 27.5. The van der Waals surface area contributed by atoms with Gasteiger partial charge in [0.2, 0.25) is 0 Å². The van der Waals surface area contributed by atoms with Gasteiger partial charge in [-0.3, -0.25) is 0 Å². The second-order valence-electron chi connectivity index (χ2n) is 19.7.